The second kappa shape index (κ2) is 4.36. The van der Waals surface area contributed by atoms with E-state index in [-0.39, 0.29) is 0 Å². The maximum atomic E-state index is 10.7. The van der Waals surface area contributed by atoms with Crippen LogP contribution in [0.2, 0.25) is 0 Å². The molecule has 3 N–H and O–H groups in total. The number of amides is 2. The van der Waals surface area contributed by atoms with E-state index >= 15 is 0 Å². The van der Waals surface area contributed by atoms with E-state index in [0.29, 0.717) is 17.2 Å². The van der Waals surface area contributed by atoms with Crippen molar-refractivity contribution in [3.8, 4) is 11.5 Å². The van der Waals surface area contributed by atoms with Crippen molar-refractivity contribution < 1.29 is 14.3 Å². The molecular formula is C9H12N2O3. The first-order valence-corrected chi connectivity index (χ1v) is 3.96. The van der Waals surface area contributed by atoms with Gasteiger partial charge in [-0.05, 0) is 12.1 Å². The molecule has 0 aliphatic carbocycles. The highest BCUT2D eigenvalue weighted by Gasteiger charge is 2.05. The van der Waals surface area contributed by atoms with E-state index in [1.807, 2.05) is 0 Å². The fraction of sp³-hybridized carbons (Fsp3) is 0.222. The van der Waals surface area contributed by atoms with Crippen molar-refractivity contribution in [3.05, 3.63) is 18.2 Å². The van der Waals surface area contributed by atoms with Crippen molar-refractivity contribution in [2.75, 3.05) is 19.5 Å². The van der Waals surface area contributed by atoms with Crippen LogP contribution < -0.4 is 20.5 Å². The molecule has 1 aromatic carbocycles. The van der Waals surface area contributed by atoms with Crippen LogP contribution in [-0.2, 0) is 0 Å². The van der Waals surface area contributed by atoms with Gasteiger partial charge in [-0.1, -0.05) is 0 Å². The molecule has 1 aromatic rings. The Morgan fingerprint density at radius 1 is 1.36 bits per heavy atom. The molecule has 0 aliphatic heterocycles. The Balaban J connectivity index is 3.01. The topological polar surface area (TPSA) is 73.6 Å². The molecule has 1 rings (SSSR count). The van der Waals surface area contributed by atoms with Gasteiger partial charge in [0.05, 0.1) is 19.9 Å². The van der Waals surface area contributed by atoms with Crippen LogP contribution in [0.4, 0.5) is 10.5 Å². The number of ether oxygens (including phenoxy) is 2. The number of urea groups is 1. The summed E-state index contributed by atoms with van der Waals surface area (Å²) in [5.41, 5.74) is 5.48. The molecule has 0 heterocycles. The molecule has 0 fully saturated rings. The predicted molar refractivity (Wildman–Crippen MR) is 52.8 cm³/mol. The van der Waals surface area contributed by atoms with Crippen molar-refractivity contribution >= 4 is 11.7 Å². The number of primary amides is 1. The van der Waals surface area contributed by atoms with Gasteiger partial charge in [0.25, 0.3) is 0 Å². The molecule has 0 aliphatic rings. The lowest BCUT2D eigenvalue weighted by molar-refractivity contribution is 0.259. The van der Waals surface area contributed by atoms with Crippen molar-refractivity contribution in [2.45, 2.75) is 0 Å². The molecule has 0 bridgehead atoms. The van der Waals surface area contributed by atoms with Crippen LogP contribution in [0.25, 0.3) is 0 Å². The Kier molecular flexibility index (Phi) is 3.17. The maximum absolute atomic E-state index is 10.7. The number of hydrogen-bond donors (Lipinski definition) is 2. The highest BCUT2D eigenvalue weighted by molar-refractivity contribution is 5.89. The van der Waals surface area contributed by atoms with Gasteiger partial charge < -0.3 is 20.5 Å². The summed E-state index contributed by atoms with van der Waals surface area (Å²) >= 11 is 0. The quantitative estimate of drug-likeness (QED) is 0.762. The number of nitrogens with two attached hydrogens (primary N) is 1. The van der Waals surface area contributed by atoms with E-state index < -0.39 is 6.03 Å². The highest BCUT2D eigenvalue weighted by Crippen LogP contribution is 2.28. The molecule has 76 valence electrons. The van der Waals surface area contributed by atoms with Gasteiger partial charge in [0.2, 0.25) is 0 Å². The first-order chi connectivity index (χ1) is 6.67. The van der Waals surface area contributed by atoms with Crippen LogP contribution in [0.1, 0.15) is 0 Å². The first kappa shape index (κ1) is 10.2. The summed E-state index contributed by atoms with van der Waals surface area (Å²) in [5, 5.41) is 2.43. The van der Waals surface area contributed by atoms with E-state index in [1.54, 1.807) is 18.2 Å². The number of anilines is 1. The summed E-state index contributed by atoms with van der Waals surface area (Å²) in [4.78, 5) is 10.7. The van der Waals surface area contributed by atoms with Crippen LogP contribution in [-0.4, -0.2) is 20.3 Å². The molecule has 0 atom stereocenters. The van der Waals surface area contributed by atoms with Crippen LogP contribution >= 0.6 is 0 Å². The molecule has 2 amide bonds. The average molecular weight is 196 g/mol. The summed E-state index contributed by atoms with van der Waals surface area (Å²) in [7, 11) is 3.05. The monoisotopic (exact) mass is 196 g/mol. The Hall–Kier alpha value is -1.91. The van der Waals surface area contributed by atoms with Gasteiger partial charge >= 0.3 is 6.03 Å². The molecule has 0 spiro atoms. The van der Waals surface area contributed by atoms with Crippen molar-refractivity contribution in [1.82, 2.24) is 0 Å². The Morgan fingerprint density at radius 3 is 2.57 bits per heavy atom. The summed E-state index contributed by atoms with van der Waals surface area (Å²) in [6, 6.07) is 4.40. The zero-order valence-corrected chi connectivity index (χ0v) is 8.03. The second-order valence-corrected chi connectivity index (χ2v) is 2.56. The first-order valence-electron chi connectivity index (χ1n) is 3.96. The number of benzene rings is 1. The van der Waals surface area contributed by atoms with Crippen LogP contribution in [0, 0.1) is 0 Å². The second-order valence-electron chi connectivity index (χ2n) is 2.56. The zero-order chi connectivity index (χ0) is 10.6. The Labute approximate surface area is 81.8 Å². The zero-order valence-electron chi connectivity index (χ0n) is 8.03. The van der Waals surface area contributed by atoms with Crippen LogP contribution in [0.15, 0.2) is 18.2 Å². The summed E-state index contributed by atoms with van der Waals surface area (Å²) in [6.45, 7) is 0. The van der Waals surface area contributed by atoms with Gasteiger partial charge in [0.1, 0.15) is 11.5 Å². The van der Waals surface area contributed by atoms with Crippen LogP contribution in [0.3, 0.4) is 0 Å². The van der Waals surface area contributed by atoms with Crippen molar-refractivity contribution in [2.24, 2.45) is 5.73 Å². The lowest BCUT2D eigenvalue weighted by Crippen LogP contribution is -2.19. The minimum atomic E-state index is -0.642. The lowest BCUT2D eigenvalue weighted by atomic mass is 10.2. The molecule has 0 radical (unpaired) electrons. The molecule has 0 unspecified atom stereocenters. The number of carbonyl (C=O) groups is 1. The van der Waals surface area contributed by atoms with E-state index in [4.69, 9.17) is 15.2 Å². The summed E-state index contributed by atoms with van der Waals surface area (Å²) < 4.78 is 10.0. The smallest absolute Gasteiger partial charge is 0.316 e. The average Bonchev–Trinajstić information content (AvgIpc) is 2.16. The third kappa shape index (κ3) is 2.29. The summed E-state index contributed by atoms with van der Waals surface area (Å²) in [6.07, 6.45) is 0. The normalized spacial score (nSPS) is 9.29. The number of nitrogens with one attached hydrogen (secondary N) is 1. The number of rotatable bonds is 3. The molecule has 5 heteroatoms. The molecular weight excluding hydrogens is 184 g/mol. The molecule has 14 heavy (non-hydrogen) atoms. The highest BCUT2D eigenvalue weighted by atomic mass is 16.5. The minimum Gasteiger partial charge on any atom is -0.497 e. The largest absolute Gasteiger partial charge is 0.497 e. The van der Waals surface area contributed by atoms with E-state index in [0.717, 1.165) is 0 Å². The van der Waals surface area contributed by atoms with Crippen LogP contribution in [0.5, 0.6) is 11.5 Å². The molecule has 5 nitrogen and oxygen atoms in total. The fourth-order valence-electron chi connectivity index (χ4n) is 1.04. The van der Waals surface area contributed by atoms with E-state index in [2.05, 4.69) is 5.32 Å². The summed E-state index contributed by atoms with van der Waals surface area (Å²) in [5.74, 6) is 1.15. The standard InChI is InChI=1S/C9H12N2O3/c1-13-6-3-4-8(14-2)7(5-6)11-9(10)12/h3-5H,1-2H3,(H3,10,11,12). The maximum Gasteiger partial charge on any atom is 0.316 e. The van der Waals surface area contributed by atoms with Gasteiger partial charge in [-0.2, -0.15) is 0 Å². The van der Waals surface area contributed by atoms with Crippen molar-refractivity contribution in [1.29, 1.82) is 0 Å². The van der Waals surface area contributed by atoms with Gasteiger partial charge in [-0.25, -0.2) is 4.79 Å². The third-order valence-electron chi connectivity index (χ3n) is 1.66. The molecule has 0 saturated heterocycles. The van der Waals surface area contributed by atoms with Gasteiger partial charge in [0, 0.05) is 6.07 Å². The number of methoxy groups -OCH3 is 2. The molecule has 0 saturated carbocycles. The Morgan fingerprint density at radius 2 is 2.07 bits per heavy atom. The van der Waals surface area contributed by atoms with E-state index in [1.165, 1.54) is 14.2 Å². The predicted octanol–water partition coefficient (Wildman–Crippen LogP) is 1.19. The molecule has 0 aromatic heterocycles. The number of hydrogen-bond acceptors (Lipinski definition) is 3. The van der Waals surface area contributed by atoms with E-state index in [9.17, 15) is 4.79 Å². The lowest BCUT2D eigenvalue weighted by Gasteiger charge is -2.09. The fourth-order valence-corrected chi connectivity index (χ4v) is 1.04. The van der Waals surface area contributed by atoms with Gasteiger partial charge in [0.15, 0.2) is 0 Å². The minimum absolute atomic E-state index is 0.486. The van der Waals surface area contributed by atoms with Crippen molar-refractivity contribution in [3.63, 3.8) is 0 Å². The SMILES string of the molecule is COc1ccc(OC)c(NC(N)=O)c1. The van der Waals surface area contributed by atoms with Gasteiger partial charge in [-0.3, -0.25) is 0 Å². The number of carbonyl (C=O) groups excluding carboxylic acids is 1. The Bertz CT molecular complexity index is 339. The third-order valence-corrected chi connectivity index (χ3v) is 1.66. The van der Waals surface area contributed by atoms with Gasteiger partial charge in [-0.15, -0.1) is 0 Å².